The van der Waals surface area contributed by atoms with Crippen molar-refractivity contribution in [3.8, 4) is 0 Å². The van der Waals surface area contributed by atoms with Gasteiger partial charge in [-0.15, -0.1) is 0 Å². The fraction of sp³-hybridized carbons (Fsp3) is 0.429. The predicted octanol–water partition coefficient (Wildman–Crippen LogP) is 2.50. The minimum absolute atomic E-state index is 0.261. The molecule has 0 aliphatic heterocycles. The van der Waals surface area contributed by atoms with Gasteiger partial charge in [0.15, 0.2) is 0 Å². The van der Waals surface area contributed by atoms with Crippen LogP contribution in [0, 0.1) is 0 Å². The normalized spacial score (nSPS) is 11.4. The van der Waals surface area contributed by atoms with Crippen molar-refractivity contribution in [1.29, 1.82) is 0 Å². The van der Waals surface area contributed by atoms with E-state index in [2.05, 4.69) is 5.10 Å². The molecule has 0 fully saturated rings. The Bertz CT molecular complexity index is 407. The Balaban J connectivity index is 3.25. The van der Waals surface area contributed by atoms with Crippen molar-refractivity contribution in [3.05, 3.63) is 16.4 Å². The SMILES string of the molecule is O=C(O)Cn1nc(C(F)F)c(Cl)c1C(F)F. The molecule has 0 saturated heterocycles. The highest BCUT2D eigenvalue weighted by Gasteiger charge is 2.28. The van der Waals surface area contributed by atoms with Crippen LogP contribution >= 0.6 is 11.6 Å². The van der Waals surface area contributed by atoms with Gasteiger partial charge in [0.25, 0.3) is 12.9 Å². The maximum absolute atomic E-state index is 12.4. The number of alkyl halides is 4. The monoisotopic (exact) mass is 260 g/mol. The van der Waals surface area contributed by atoms with Gasteiger partial charge in [-0.2, -0.15) is 5.10 Å². The number of aromatic nitrogens is 2. The van der Waals surface area contributed by atoms with Crippen LogP contribution < -0.4 is 0 Å². The quantitative estimate of drug-likeness (QED) is 0.846. The number of rotatable bonds is 4. The van der Waals surface area contributed by atoms with Crippen LogP contribution in [0.25, 0.3) is 0 Å². The standard InChI is InChI=1S/C7H5ClF4N2O2/c8-3-4(6(9)10)13-14(1-2(15)16)5(3)7(11)12/h6-7H,1H2,(H,15,16). The van der Waals surface area contributed by atoms with Crippen molar-refractivity contribution in [2.45, 2.75) is 19.4 Å². The zero-order chi connectivity index (χ0) is 12.5. The first-order valence-corrected chi connectivity index (χ1v) is 4.26. The van der Waals surface area contributed by atoms with Gasteiger partial charge in [0.1, 0.15) is 17.9 Å². The highest BCUT2D eigenvalue weighted by molar-refractivity contribution is 6.32. The van der Waals surface area contributed by atoms with Crippen molar-refractivity contribution in [1.82, 2.24) is 9.78 Å². The third kappa shape index (κ3) is 2.43. The van der Waals surface area contributed by atoms with E-state index in [9.17, 15) is 22.4 Å². The molecule has 1 rings (SSSR count). The Morgan fingerprint density at radius 3 is 2.31 bits per heavy atom. The average molecular weight is 261 g/mol. The zero-order valence-corrected chi connectivity index (χ0v) is 8.26. The molecule has 4 nitrogen and oxygen atoms in total. The van der Waals surface area contributed by atoms with Crippen LogP contribution in [0.1, 0.15) is 24.2 Å². The molecule has 0 aliphatic rings. The third-order valence-electron chi connectivity index (χ3n) is 1.65. The summed E-state index contributed by atoms with van der Waals surface area (Å²) in [6.07, 6.45) is -6.31. The number of hydrogen-bond donors (Lipinski definition) is 1. The highest BCUT2D eigenvalue weighted by Crippen LogP contribution is 2.34. The molecule has 0 radical (unpaired) electrons. The minimum Gasteiger partial charge on any atom is -0.480 e. The molecule has 0 amide bonds. The number of carbonyl (C=O) groups is 1. The number of hydrogen-bond acceptors (Lipinski definition) is 2. The van der Waals surface area contributed by atoms with Crippen molar-refractivity contribution in [2.24, 2.45) is 0 Å². The molecule has 0 aliphatic carbocycles. The number of halogens is 5. The van der Waals surface area contributed by atoms with Crippen molar-refractivity contribution in [3.63, 3.8) is 0 Å². The van der Waals surface area contributed by atoms with Gasteiger partial charge in [0.2, 0.25) is 0 Å². The lowest BCUT2D eigenvalue weighted by atomic mass is 10.3. The van der Waals surface area contributed by atoms with Crippen LogP contribution in [0.3, 0.4) is 0 Å². The van der Waals surface area contributed by atoms with E-state index in [1.54, 1.807) is 0 Å². The van der Waals surface area contributed by atoms with Gasteiger partial charge in [-0.25, -0.2) is 17.6 Å². The molecule has 1 N–H and O–H groups in total. The maximum Gasteiger partial charge on any atom is 0.325 e. The van der Waals surface area contributed by atoms with E-state index in [0.29, 0.717) is 0 Å². The molecular weight excluding hydrogens is 256 g/mol. The van der Waals surface area contributed by atoms with E-state index >= 15 is 0 Å². The van der Waals surface area contributed by atoms with Crippen molar-refractivity contribution in [2.75, 3.05) is 0 Å². The molecule has 1 aromatic rings. The Morgan fingerprint density at radius 2 is 1.94 bits per heavy atom. The summed E-state index contributed by atoms with van der Waals surface area (Å²) >= 11 is 5.27. The summed E-state index contributed by atoms with van der Waals surface area (Å²) in [5, 5.41) is 10.5. The van der Waals surface area contributed by atoms with Gasteiger partial charge < -0.3 is 5.11 Å². The molecule has 0 bridgehead atoms. The minimum atomic E-state index is -3.17. The number of nitrogens with zero attached hydrogens (tertiary/aromatic N) is 2. The van der Waals surface area contributed by atoms with Gasteiger partial charge in [-0.05, 0) is 0 Å². The van der Waals surface area contributed by atoms with E-state index in [-0.39, 0.29) is 4.68 Å². The summed E-state index contributed by atoms with van der Waals surface area (Å²) < 4.78 is 49.7. The Labute approximate surface area is 91.4 Å². The molecule has 9 heteroatoms. The van der Waals surface area contributed by atoms with Crippen molar-refractivity contribution >= 4 is 17.6 Å². The van der Waals surface area contributed by atoms with Crippen LogP contribution in [-0.2, 0) is 11.3 Å². The molecule has 90 valence electrons. The molecule has 0 saturated carbocycles. The molecular formula is C7H5ClF4N2O2. The summed E-state index contributed by atoms with van der Waals surface area (Å²) in [4.78, 5) is 10.3. The Hall–Kier alpha value is -1.31. The lowest BCUT2D eigenvalue weighted by molar-refractivity contribution is -0.138. The van der Waals surface area contributed by atoms with Gasteiger partial charge in [-0.1, -0.05) is 11.6 Å². The molecule has 0 spiro atoms. The van der Waals surface area contributed by atoms with E-state index in [1.807, 2.05) is 0 Å². The second kappa shape index (κ2) is 4.69. The first-order chi connectivity index (χ1) is 7.34. The predicted molar refractivity (Wildman–Crippen MR) is 44.8 cm³/mol. The lowest BCUT2D eigenvalue weighted by Gasteiger charge is -2.02. The molecule has 1 aromatic heterocycles. The van der Waals surface area contributed by atoms with Crippen molar-refractivity contribution < 1.29 is 27.5 Å². The van der Waals surface area contributed by atoms with Crippen LogP contribution in [-0.4, -0.2) is 20.9 Å². The molecule has 0 atom stereocenters. The largest absolute Gasteiger partial charge is 0.480 e. The van der Waals surface area contributed by atoms with Crippen LogP contribution in [0.4, 0.5) is 17.6 Å². The fourth-order valence-corrected chi connectivity index (χ4v) is 1.37. The van der Waals surface area contributed by atoms with E-state index in [4.69, 9.17) is 16.7 Å². The number of carboxylic acids is 1. The van der Waals surface area contributed by atoms with E-state index in [0.717, 1.165) is 0 Å². The topological polar surface area (TPSA) is 55.1 Å². The van der Waals surface area contributed by atoms with E-state index < -0.39 is 41.8 Å². The Morgan fingerprint density at radius 1 is 1.38 bits per heavy atom. The highest BCUT2D eigenvalue weighted by atomic mass is 35.5. The summed E-state index contributed by atoms with van der Waals surface area (Å²) in [6.45, 7) is -0.952. The first-order valence-electron chi connectivity index (χ1n) is 3.88. The zero-order valence-electron chi connectivity index (χ0n) is 7.50. The lowest BCUT2D eigenvalue weighted by Crippen LogP contribution is -2.13. The number of carboxylic acid groups (broad SMARTS) is 1. The summed E-state index contributed by atoms with van der Waals surface area (Å²) in [7, 11) is 0. The Kier molecular flexibility index (Phi) is 3.74. The van der Waals surface area contributed by atoms with Gasteiger partial charge in [-0.3, -0.25) is 9.48 Å². The summed E-state index contributed by atoms with van der Waals surface area (Å²) in [5.74, 6) is -1.48. The molecule has 1 heterocycles. The van der Waals surface area contributed by atoms with Crippen LogP contribution in [0.5, 0.6) is 0 Å². The number of aliphatic carboxylic acids is 1. The second-order valence-corrected chi connectivity index (χ2v) is 3.12. The maximum atomic E-state index is 12.4. The molecule has 0 aromatic carbocycles. The van der Waals surface area contributed by atoms with Gasteiger partial charge in [0.05, 0.1) is 5.02 Å². The second-order valence-electron chi connectivity index (χ2n) is 2.74. The van der Waals surface area contributed by atoms with Crippen LogP contribution in [0.15, 0.2) is 0 Å². The van der Waals surface area contributed by atoms with Gasteiger partial charge >= 0.3 is 5.97 Å². The van der Waals surface area contributed by atoms with Crippen LogP contribution in [0.2, 0.25) is 5.02 Å². The summed E-state index contributed by atoms with van der Waals surface area (Å²) in [5.41, 5.74) is -2.06. The first kappa shape index (κ1) is 12.8. The molecule has 0 unspecified atom stereocenters. The van der Waals surface area contributed by atoms with E-state index in [1.165, 1.54) is 0 Å². The smallest absolute Gasteiger partial charge is 0.325 e. The average Bonchev–Trinajstić information content (AvgIpc) is 2.41. The summed E-state index contributed by atoms with van der Waals surface area (Å²) in [6, 6.07) is 0. The van der Waals surface area contributed by atoms with Gasteiger partial charge in [0, 0.05) is 0 Å². The molecule has 16 heavy (non-hydrogen) atoms. The third-order valence-corrected chi connectivity index (χ3v) is 2.04. The fourth-order valence-electron chi connectivity index (χ4n) is 1.07.